The lowest BCUT2D eigenvalue weighted by Gasteiger charge is -1.74. The molecule has 0 spiro atoms. The lowest BCUT2D eigenvalue weighted by molar-refractivity contribution is 0.504. The van der Waals surface area contributed by atoms with Crippen LogP contribution in [0.3, 0.4) is 0 Å². The smallest absolute Gasteiger partial charge is 0.188 e. The maximum absolute atomic E-state index is 9.55. The van der Waals surface area contributed by atoms with Crippen LogP contribution in [0.25, 0.3) is 0 Å². The molecule has 0 aliphatic rings. The van der Waals surface area contributed by atoms with E-state index >= 15 is 0 Å². The quantitative estimate of drug-likeness (QED) is 0.379. The van der Waals surface area contributed by atoms with Crippen molar-refractivity contribution in [3.8, 4) is 0 Å². The minimum absolute atomic E-state index is 0. The lowest BCUT2D eigenvalue weighted by atomic mass is 11.0. The van der Waals surface area contributed by atoms with Crippen LogP contribution in [0.1, 0.15) is 6.92 Å². The Labute approximate surface area is 48.6 Å². The van der Waals surface area contributed by atoms with Gasteiger partial charge in [0.05, 0.1) is 0 Å². The summed E-state index contributed by atoms with van der Waals surface area (Å²) < 4.78 is 9.55. The third-order valence-corrected chi connectivity index (χ3v) is 0.907. The summed E-state index contributed by atoms with van der Waals surface area (Å²) in [4.78, 5) is 7.91. The Hall–Kier alpha value is 0.722. The first-order chi connectivity index (χ1) is 2.27. The molecule has 1 radical (unpaired) electrons. The van der Waals surface area contributed by atoms with Crippen LogP contribution in [0.15, 0.2) is 0 Å². The van der Waals surface area contributed by atoms with Gasteiger partial charge >= 0.3 is 0 Å². The molecule has 0 aliphatic heterocycles. The van der Waals surface area contributed by atoms with Crippen molar-refractivity contribution in [1.82, 2.24) is 0 Å². The van der Waals surface area contributed by atoms with E-state index in [-0.39, 0.29) is 17.4 Å². The van der Waals surface area contributed by atoms with Crippen LogP contribution in [0, 0.1) is 0 Å². The fourth-order valence-corrected chi connectivity index (χ4v) is 0. The highest BCUT2D eigenvalue weighted by molar-refractivity contribution is 7.37. The zero-order valence-electron chi connectivity index (χ0n) is 4.06. The second kappa shape index (κ2) is 5.72. The van der Waals surface area contributed by atoms with Crippen LogP contribution in [0.4, 0.5) is 0 Å². The minimum Gasteiger partial charge on any atom is -0.346 e. The number of hydrogen-bond donors (Lipinski definition) is 1. The summed E-state index contributed by atoms with van der Waals surface area (Å²) in [5.74, 6) is 0. The van der Waals surface area contributed by atoms with E-state index in [9.17, 15) is 4.57 Å². The van der Waals surface area contributed by atoms with Crippen LogP contribution in [-0.4, -0.2) is 28.4 Å². The van der Waals surface area contributed by atoms with Crippen LogP contribution in [0.5, 0.6) is 0 Å². The van der Waals surface area contributed by atoms with Crippen molar-refractivity contribution in [3.05, 3.63) is 0 Å². The van der Waals surface area contributed by atoms with E-state index < -0.39 is 8.03 Å². The summed E-state index contributed by atoms with van der Waals surface area (Å²) in [6.45, 7) is 1.68. The van der Waals surface area contributed by atoms with Gasteiger partial charge in [-0.25, -0.2) is 0 Å². The minimum atomic E-state index is -2.12. The molecule has 0 heterocycles. The Bertz CT molecular complexity index is 46.8. The molecule has 0 saturated heterocycles. The van der Waals surface area contributed by atoms with Crippen molar-refractivity contribution in [3.63, 3.8) is 0 Å². The summed E-state index contributed by atoms with van der Waals surface area (Å²) in [5.41, 5.74) is 0. The first-order valence-electron chi connectivity index (χ1n) is 1.49. The van der Waals surface area contributed by atoms with Crippen molar-refractivity contribution in [1.29, 1.82) is 0 Å². The van der Waals surface area contributed by atoms with Gasteiger partial charge in [0.2, 0.25) is 0 Å². The molecule has 0 aromatic heterocycles. The summed E-state index contributed by atoms with van der Waals surface area (Å²) in [6, 6.07) is 0. The Morgan fingerprint density at radius 2 is 2.00 bits per heavy atom. The van der Waals surface area contributed by atoms with Gasteiger partial charge in [0.1, 0.15) is 17.4 Å². The molecule has 0 aromatic rings. The van der Waals surface area contributed by atoms with Crippen LogP contribution < -0.4 is 0 Å². The fraction of sp³-hybridized carbons (Fsp3) is 1.00. The standard InChI is InChI=1S/C2H7O2P.Al.2H/c1-2-5(3)4;;;/h5H,2H2,1H3,(H,3,4);;;. The number of hydrogen-bond acceptors (Lipinski definition) is 1. The molecule has 0 bridgehead atoms. The molecule has 0 saturated carbocycles. The maximum Gasteiger partial charge on any atom is 0.188 e. The molecule has 37 valence electrons. The highest BCUT2D eigenvalue weighted by Gasteiger charge is 1.76. The van der Waals surface area contributed by atoms with Gasteiger partial charge in [-0.2, -0.15) is 0 Å². The van der Waals surface area contributed by atoms with Crippen LogP contribution in [0.2, 0.25) is 0 Å². The fourth-order valence-electron chi connectivity index (χ4n) is 0. The largest absolute Gasteiger partial charge is 0.346 e. The van der Waals surface area contributed by atoms with Gasteiger partial charge in [0.25, 0.3) is 0 Å². The van der Waals surface area contributed by atoms with Gasteiger partial charge in [0.15, 0.2) is 8.03 Å². The van der Waals surface area contributed by atoms with Crippen molar-refractivity contribution < 1.29 is 9.46 Å². The van der Waals surface area contributed by atoms with Crippen molar-refractivity contribution in [2.24, 2.45) is 0 Å². The molecule has 0 fully saturated rings. The third kappa shape index (κ3) is 8.83. The Kier molecular flexibility index (Phi) is 9.41. The van der Waals surface area contributed by atoms with E-state index in [1.54, 1.807) is 6.92 Å². The van der Waals surface area contributed by atoms with Gasteiger partial charge in [-0.3, -0.25) is 4.57 Å². The first kappa shape index (κ1) is 9.87. The Morgan fingerprint density at radius 3 is 2.00 bits per heavy atom. The molecule has 6 heavy (non-hydrogen) atoms. The second-order valence-electron chi connectivity index (χ2n) is 0.747. The van der Waals surface area contributed by atoms with E-state index in [0.29, 0.717) is 6.16 Å². The van der Waals surface area contributed by atoms with Crippen molar-refractivity contribution in [2.45, 2.75) is 6.92 Å². The molecule has 0 aliphatic carbocycles. The molecule has 0 rings (SSSR count). The molecule has 1 N–H and O–H groups in total. The zero-order valence-corrected chi connectivity index (χ0v) is 7.06. The average molecular weight is 123 g/mol. The van der Waals surface area contributed by atoms with Gasteiger partial charge in [-0.15, -0.1) is 0 Å². The summed E-state index contributed by atoms with van der Waals surface area (Å²) in [6.07, 6.45) is 0.407. The van der Waals surface area contributed by atoms with Gasteiger partial charge < -0.3 is 4.89 Å². The first-order valence-corrected chi connectivity index (χ1v) is 3.05. The SMILES string of the molecule is CC[PH](=O)O.[AlH2]. The van der Waals surface area contributed by atoms with Crippen molar-refractivity contribution in [2.75, 3.05) is 6.16 Å². The third-order valence-electron chi connectivity index (χ3n) is 0.302. The topological polar surface area (TPSA) is 37.3 Å². The lowest BCUT2D eigenvalue weighted by Crippen LogP contribution is -1.56. The molecule has 1 atom stereocenters. The summed E-state index contributed by atoms with van der Waals surface area (Å²) in [5, 5.41) is 0. The normalized spacial score (nSPS) is 12.3. The van der Waals surface area contributed by atoms with Gasteiger partial charge in [-0.1, -0.05) is 6.92 Å². The van der Waals surface area contributed by atoms with Crippen LogP contribution >= 0.6 is 8.03 Å². The summed E-state index contributed by atoms with van der Waals surface area (Å²) in [7, 11) is -2.12. The molecule has 0 amide bonds. The highest BCUT2D eigenvalue weighted by atomic mass is 31.1. The molecule has 1 unspecified atom stereocenters. The Morgan fingerprint density at radius 1 is 1.83 bits per heavy atom. The number of rotatable bonds is 1. The summed E-state index contributed by atoms with van der Waals surface area (Å²) >= 11 is 0. The van der Waals surface area contributed by atoms with E-state index in [1.165, 1.54) is 0 Å². The molecular weight excluding hydrogens is 114 g/mol. The maximum atomic E-state index is 9.55. The molecule has 4 heteroatoms. The van der Waals surface area contributed by atoms with E-state index in [4.69, 9.17) is 4.89 Å². The van der Waals surface area contributed by atoms with E-state index in [1.807, 2.05) is 0 Å². The predicted octanol–water partition coefficient (Wildman–Crippen LogP) is -0.443. The van der Waals surface area contributed by atoms with Gasteiger partial charge in [-0.05, 0) is 0 Å². The molecule has 2 nitrogen and oxygen atoms in total. The van der Waals surface area contributed by atoms with Crippen LogP contribution in [-0.2, 0) is 4.57 Å². The van der Waals surface area contributed by atoms with Crippen molar-refractivity contribution >= 4 is 25.4 Å². The monoisotopic (exact) mass is 123 g/mol. The van der Waals surface area contributed by atoms with Gasteiger partial charge in [0, 0.05) is 6.16 Å². The highest BCUT2D eigenvalue weighted by Crippen LogP contribution is 2.08. The molecule has 0 aromatic carbocycles. The Balaban J connectivity index is 0. The molecular formula is C2H9AlO2P. The van der Waals surface area contributed by atoms with E-state index in [2.05, 4.69) is 0 Å². The second-order valence-corrected chi connectivity index (χ2v) is 2.24. The zero-order chi connectivity index (χ0) is 4.28. The van der Waals surface area contributed by atoms with E-state index in [0.717, 1.165) is 0 Å². The average Bonchev–Trinajstić information content (AvgIpc) is 1.38. The predicted molar refractivity (Wildman–Crippen MR) is 30.3 cm³/mol.